The minimum absolute atomic E-state index is 0.191. The van der Waals surface area contributed by atoms with Crippen molar-refractivity contribution in [3.05, 3.63) is 72.1 Å². The third-order valence-corrected chi connectivity index (χ3v) is 5.94. The molecule has 3 N–H and O–H groups in total. The molecule has 1 aliphatic rings. The van der Waals surface area contributed by atoms with Crippen molar-refractivity contribution < 1.29 is 24.5 Å². The highest BCUT2D eigenvalue weighted by molar-refractivity contribution is 5.90. The predicted molar refractivity (Wildman–Crippen MR) is 119 cm³/mol. The third-order valence-electron chi connectivity index (χ3n) is 5.94. The van der Waals surface area contributed by atoms with Gasteiger partial charge in [0.15, 0.2) is 0 Å². The Morgan fingerprint density at radius 2 is 1.53 bits per heavy atom. The van der Waals surface area contributed by atoms with E-state index >= 15 is 0 Å². The van der Waals surface area contributed by atoms with Gasteiger partial charge < -0.3 is 24.5 Å². The molecule has 5 rings (SSSR count). The van der Waals surface area contributed by atoms with Crippen LogP contribution in [0.1, 0.15) is 24.0 Å². The second-order valence-electron chi connectivity index (χ2n) is 8.18. The van der Waals surface area contributed by atoms with E-state index in [0.29, 0.717) is 11.8 Å². The summed E-state index contributed by atoms with van der Waals surface area (Å²) >= 11 is 0. The second kappa shape index (κ2) is 8.44. The second-order valence-corrected chi connectivity index (χ2v) is 8.18. The molecule has 164 valence electrons. The summed E-state index contributed by atoms with van der Waals surface area (Å²) in [6.07, 6.45) is -2.89. The number of hydrogen-bond acceptors (Lipinski definition) is 7. The average molecular weight is 432 g/mol. The van der Waals surface area contributed by atoms with E-state index in [9.17, 15) is 15.3 Å². The maximum absolute atomic E-state index is 10.3. The van der Waals surface area contributed by atoms with Gasteiger partial charge >= 0.3 is 0 Å². The molecule has 4 unspecified atom stereocenters. The molecule has 0 saturated carbocycles. The van der Waals surface area contributed by atoms with Crippen LogP contribution in [-0.2, 0) is 4.74 Å². The minimum Gasteiger partial charge on any atom is -0.421 e. The van der Waals surface area contributed by atoms with Crippen LogP contribution in [0.2, 0.25) is 0 Å². The van der Waals surface area contributed by atoms with Crippen LogP contribution in [0.3, 0.4) is 0 Å². The first-order valence-electron chi connectivity index (χ1n) is 10.6. The highest BCUT2D eigenvalue weighted by Gasteiger charge is 2.37. The van der Waals surface area contributed by atoms with Gasteiger partial charge in [0.1, 0.15) is 12.2 Å². The lowest BCUT2D eigenvalue weighted by Gasteiger charge is -2.36. The van der Waals surface area contributed by atoms with Gasteiger partial charge in [-0.25, -0.2) is 0 Å². The summed E-state index contributed by atoms with van der Waals surface area (Å²) in [4.78, 5) is 0. The zero-order chi connectivity index (χ0) is 22.2. The van der Waals surface area contributed by atoms with Crippen molar-refractivity contribution >= 4 is 10.8 Å². The zero-order valence-electron chi connectivity index (χ0n) is 17.5. The zero-order valence-corrected chi connectivity index (χ0v) is 17.5. The molecule has 0 radical (unpaired) electrons. The summed E-state index contributed by atoms with van der Waals surface area (Å²) in [6.45, 7) is 1.58. The van der Waals surface area contributed by atoms with Crippen LogP contribution < -0.4 is 0 Å². The Hall–Kier alpha value is -3.10. The Bertz CT molecular complexity index is 1240. The monoisotopic (exact) mass is 432 g/mol. The van der Waals surface area contributed by atoms with E-state index in [2.05, 4.69) is 28.4 Å². The van der Waals surface area contributed by atoms with Crippen molar-refractivity contribution in [3.8, 4) is 22.6 Å². The molecule has 3 aromatic carbocycles. The number of rotatable bonds is 4. The lowest BCUT2D eigenvalue weighted by molar-refractivity contribution is -0.179. The topological polar surface area (TPSA) is 109 Å². The van der Waals surface area contributed by atoms with E-state index in [1.54, 1.807) is 6.92 Å². The number of benzene rings is 3. The molecule has 1 aliphatic heterocycles. The number of aliphatic hydroxyl groups excluding tert-OH is 3. The van der Waals surface area contributed by atoms with Crippen LogP contribution in [0, 0.1) is 6.92 Å². The van der Waals surface area contributed by atoms with Gasteiger partial charge in [0.25, 0.3) is 0 Å². The van der Waals surface area contributed by atoms with E-state index in [0.717, 1.165) is 33.0 Å². The Labute approximate surface area is 184 Å². The first kappa shape index (κ1) is 20.8. The number of nitrogens with zero attached hydrogens (tertiary/aromatic N) is 2. The lowest BCUT2D eigenvalue weighted by atomic mass is 9.92. The average Bonchev–Trinajstić information content (AvgIpc) is 3.26. The standard InChI is InChI=1S/C25H24N2O5/c1-14-26-27-25(31-14)20-9-8-18-10-17(6-7-19(18)11-20)15-2-4-16(5-3-15)24-23(30)22(29)12-21(13-28)32-24/h2-11,21-24,28-30H,12-13H2,1H3. The molecule has 2 heterocycles. The number of hydrogen-bond donors (Lipinski definition) is 3. The van der Waals surface area contributed by atoms with Crippen LogP contribution in [0.4, 0.5) is 0 Å². The lowest BCUT2D eigenvalue weighted by Crippen LogP contribution is -2.44. The Morgan fingerprint density at radius 1 is 0.875 bits per heavy atom. The predicted octanol–water partition coefficient (Wildman–Crippen LogP) is 3.41. The highest BCUT2D eigenvalue weighted by atomic mass is 16.5. The summed E-state index contributed by atoms with van der Waals surface area (Å²) < 4.78 is 11.3. The van der Waals surface area contributed by atoms with Crippen molar-refractivity contribution in [1.82, 2.24) is 10.2 Å². The van der Waals surface area contributed by atoms with Gasteiger partial charge in [-0.2, -0.15) is 0 Å². The minimum atomic E-state index is -1.03. The van der Waals surface area contributed by atoms with E-state index in [1.807, 2.05) is 42.5 Å². The molecule has 4 atom stereocenters. The van der Waals surface area contributed by atoms with E-state index < -0.39 is 24.4 Å². The van der Waals surface area contributed by atoms with E-state index in [4.69, 9.17) is 9.15 Å². The van der Waals surface area contributed by atoms with Gasteiger partial charge in [0, 0.05) is 18.9 Å². The fourth-order valence-electron chi connectivity index (χ4n) is 4.18. The van der Waals surface area contributed by atoms with Crippen molar-refractivity contribution in [3.63, 3.8) is 0 Å². The molecule has 4 aromatic rings. The summed E-state index contributed by atoms with van der Waals surface area (Å²) in [6, 6.07) is 20.0. The van der Waals surface area contributed by atoms with Crippen LogP contribution in [0.15, 0.2) is 65.1 Å². The van der Waals surface area contributed by atoms with Crippen LogP contribution >= 0.6 is 0 Å². The quantitative estimate of drug-likeness (QED) is 0.453. The van der Waals surface area contributed by atoms with Gasteiger partial charge in [-0.15, -0.1) is 10.2 Å². The highest BCUT2D eigenvalue weighted by Crippen LogP contribution is 2.34. The first-order valence-corrected chi connectivity index (χ1v) is 10.6. The third kappa shape index (κ3) is 3.91. The van der Waals surface area contributed by atoms with E-state index in [-0.39, 0.29) is 13.0 Å². The number of aliphatic hydroxyl groups is 3. The van der Waals surface area contributed by atoms with Crippen molar-refractivity contribution in [2.45, 2.75) is 37.8 Å². The molecule has 7 nitrogen and oxygen atoms in total. The van der Waals surface area contributed by atoms with Gasteiger partial charge in [-0.1, -0.05) is 42.5 Å². The molecule has 1 saturated heterocycles. The number of aromatic nitrogens is 2. The fourth-order valence-corrected chi connectivity index (χ4v) is 4.18. The van der Waals surface area contributed by atoms with Gasteiger partial charge in [-0.05, 0) is 45.7 Å². The summed E-state index contributed by atoms with van der Waals surface area (Å²) in [5.74, 6) is 1.04. The summed E-state index contributed by atoms with van der Waals surface area (Å²) in [7, 11) is 0. The molecule has 1 aromatic heterocycles. The Morgan fingerprint density at radius 3 is 2.19 bits per heavy atom. The van der Waals surface area contributed by atoms with Gasteiger partial charge in [0.05, 0.1) is 18.8 Å². The molecule has 32 heavy (non-hydrogen) atoms. The Kier molecular flexibility index (Phi) is 5.48. The SMILES string of the molecule is Cc1nnc(-c2ccc3cc(-c4ccc(C5OC(CO)CC(O)C5O)cc4)ccc3c2)o1. The van der Waals surface area contributed by atoms with Crippen LogP contribution in [0.25, 0.3) is 33.4 Å². The molecule has 7 heteroatoms. The van der Waals surface area contributed by atoms with Gasteiger partial charge in [0.2, 0.25) is 11.8 Å². The number of ether oxygens (including phenoxy) is 1. The summed E-state index contributed by atoms with van der Waals surface area (Å²) in [5.41, 5.74) is 3.73. The maximum Gasteiger partial charge on any atom is 0.247 e. The fraction of sp³-hybridized carbons (Fsp3) is 0.280. The van der Waals surface area contributed by atoms with Gasteiger partial charge in [-0.3, -0.25) is 0 Å². The normalized spacial score (nSPS) is 23.5. The molecule has 0 aliphatic carbocycles. The van der Waals surface area contributed by atoms with E-state index in [1.165, 1.54) is 0 Å². The maximum atomic E-state index is 10.3. The molecule has 0 bridgehead atoms. The van der Waals surface area contributed by atoms with Crippen molar-refractivity contribution in [1.29, 1.82) is 0 Å². The molecular formula is C25H24N2O5. The number of aryl methyl sites for hydroxylation is 1. The largest absolute Gasteiger partial charge is 0.421 e. The van der Waals surface area contributed by atoms with Crippen molar-refractivity contribution in [2.75, 3.05) is 6.61 Å². The smallest absolute Gasteiger partial charge is 0.247 e. The first-order chi connectivity index (χ1) is 15.5. The molecule has 1 fully saturated rings. The molecular weight excluding hydrogens is 408 g/mol. The van der Waals surface area contributed by atoms with Crippen LogP contribution in [0.5, 0.6) is 0 Å². The summed E-state index contributed by atoms with van der Waals surface area (Å²) in [5, 5.41) is 39.9. The molecule has 0 spiro atoms. The Balaban J connectivity index is 1.40. The molecule has 0 amide bonds. The van der Waals surface area contributed by atoms with Crippen molar-refractivity contribution in [2.24, 2.45) is 0 Å². The van der Waals surface area contributed by atoms with Crippen LogP contribution in [-0.4, -0.2) is 50.4 Å². The number of fused-ring (bicyclic) bond motifs is 1.